The molecule has 1 saturated carbocycles. The van der Waals surface area contributed by atoms with Gasteiger partial charge in [-0.3, -0.25) is 14.6 Å². The van der Waals surface area contributed by atoms with Crippen molar-refractivity contribution >= 4 is 29.3 Å². The van der Waals surface area contributed by atoms with Crippen LogP contribution in [0.2, 0.25) is 5.02 Å². The molecule has 1 aliphatic carbocycles. The Balaban J connectivity index is 1.60. The number of fused-ring (bicyclic) bond motifs is 1. The number of rotatable bonds is 2. The summed E-state index contributed by atoms with van der Waals surface area (Å²) >= 11 is 7.64. The predicted octanol–water partition coefficient (Wildman–Crippen LogP) is 4.69. The van der Waals surface area contributed by atoms with Gasteiger partial charge in [0.05, 0.1) is 29.2 Å². The maximum Gasteiger partial charge on any atom is 0.229 e. The SMILES string of the molecule is N#CC1=C2SCN(C3CCCCC3)CN2C(=O)C[C@H]1c1ccc(Cl)cc1. The van der Waals surface area contributed by atoms with Gasteiger partial charge in [-0.15, -0.1) is 0 Å². The molecule has 0 unspecified atom stereocenters. The predicted molar refractivity (Wildman–Crippen MR) is 104 cm³/mol. The Hall–Kier alpha value is -1.48. The first-order valence-electron chi connectivity index (χ1n) is 9.24. The van der Waals surface area contributed by atoms with Crippen LogP contribution in [0.1, 0.15) is 50.0 Å². The van der Waals surface area contributed by atoms with Gasteiger partial charge in [-0.1, -0.05) is 54.8 Å². The molecule has 2 fully saturated rings. The van der Waals surface area contributed by atoms with E-state index in [9.17, 15) is 10.1 Å². The second-order valence-electron chi connectivity index (χ2n) is 7.26. The van der Waals surface area contributed by atoms with E-state index in [0.717, 1.165) is 22.0 Å². The third-order valence-corrected chi connectivity index (χ3v) is 7.10. The number of hydrogen-bond donors (Lipinski definition) is 0. The van der Waals surface area contributed by atoms with Gasteiger partial charge < -0.3 is 0 Å². The van der Waals surface area contributed by atoms with Gasteiger partial charge in [0.1, 0.15) is 0 Å². The van der Waals surface area contributed by atoms with Crippen molar-refractivity contribution in [2.75, 3.05) is 12.5 Å². The Morgan fingerprint density at radius 3 is 2.58 bits per heavy atom. The Bertz CT molecular complexity index is 764. The largest absolute Gasteiger partial charge is 0.292 e. The molecule has 136 valence electrons. The number of nitriles is 1. The van der Waals surface area contributed by atoms with Gasteiger partial charge in [0.25, 0.3) is 0 Å². The van der Waals surface area contributed by atoms with Crippen molar-refractivity contribution in [1.29, 1.82) is 5.26 Å². The number of benzene rings is 1. The van der Waals surface area contributed by atoms with E-state index < -0.39 is 0 Å². The fourth-order valence-electron chi connectivity index (χ4n) is 4.23. The van der Waals surface area contributed by atoms with Gasteiger partial charge in [0.2, 0.25) is 5.91 Å². The smallest absolute Gasteiger partial charge is 0.229 e. The molecule has 1 atom stereocenters. The molecule has 1 aromatic rings. The molecule has 26 heavy (non-hydrogen) atoms. The van der Waals surface area contributed by atoms with Crippen molar-refractivity contribution in [1.82, 2.24) is 9.80 Å². The summed E-state index contributed by atoms with van der Waals surface area (Å²) in [4.78, 5) is 17.1. The average Bonchev–Trinajstić information content (AvgIpc) is 2.69. The number of allylic oxidation sites excluding steroid dienone is 1. The summed E-state index contributed by atoms with van der Waals surface area (Å²) in [5.41, 5.74) is 1.71. The minimum atomic E-state index is -0.162. The number of amides is 1. The van der Waals surface area contributed by atoms with E-state index in [-0.39, 0.29) is 11.8 Å². The maximum atomic E-state index is 12.9. The second-order valence-corrected chi connectivity index (χ2v) is 8.63. The van der Waals surface area contributed by atoms with Gasteiger partial charge in [-0.2, -0.15) is 5.26 Å². The highest BCUT2D eigenvalue weighted by Crippen LogP contribution is 2.43. The molecule has 4 rings (SSSR count). The van der Waals surface area contributed by atoms with E-state index >= 15 is 0 Å². The van der Waals surface area contributed by atoms with Crippen LogP contribution >= 0.6 is 23.4 Å². The monoisotopic (exact) mass is 387 g/mol. The van der Waals surface area contributed by atoms with E-state index in [0.29, 0.717) is 24.2 Å². The lowest BCUT2D eigenvalue weighted by Crippen LogP contribution is -2.51. The van der Waals surface area contributed by atoms with Crippen molar-refractivity contribution in [3.05, 3.63) is 45.5 Å². The fourth-order valence-corrected chi connectivity index (χ4v) is 5.60. The van der Waals surface area contributed by atoms with Crippen LogP contribution in [0.15, 0.2) is 34.9 Å². The molecule has 1 amide bonds. The first-order chi connectivity index (χ1) is 12.7. The first kappa shape index (κ1) is 17.9. The van der Waals surface area contributed by atoms with E-state index in [4.69, 9.17) is 11.6 Å². The van der Waals surface area contributed by atoms with E-state index in [1.54, 1.807) is 11.8 Å². The van der Waals surface area contributed by atoms with E-state index in [1.165, 1.54) is 32.1 Å². The Kier molecular flexibility index (Phi) is 5.26. The number of nitrogens with zero attached hydrogens (tertiary/aromatic N) is 3. The highest BCUT2D eigenvalue weighted by molar-refractivity contribution is 8.03. The third kappa shape index (κ3) is 3.38. The minimum Gasteiger partial charge on any atom is -0.292 e. The van der Waals surface area contributed by atoms with Gasteiger partial charge in [0.15, 0.2) is 0 Å². The van der Waals surface area contributed by atoms with Crippen LogP contribution in [-0.2, 0) is 4.79 Å². The van der Waals surface area contributed by atoms with E-state index in [2.05, 4.69) is 11.0 Å². The summed E-state index contributed by atoms with van der Waals surface area (Å²) in [5, 5.41) is 11.3. The average molecular weight is 388 g/mol. The number of halogens is 1. The Morgan fingerprint density at radius 2 is 1.88 bits per heavy atom. The van der Waals surface area contributed by atoms with Crippen LogP contribution in [0.25, 0.3) is 0 Å². The topological polar surface area (TPSA) is 47.3 Å². The number of thioether (sulfide) groups is 1. The summed E-state index contributed by atoms with van der Waals surface area (Å²) < 4.78 is 0. The molecule has 6 heteroatoms. The van der Waals surface area contributed by atoms with Gasteiger partial charge in [0, 0.05) is 23.4 Å². The standard InChI is InChI=1S/C20H22ClN3OS/c21-15-8-6-14(7-9-15)17-10-19(25)24-12-23(16-4-2-1-3-5-16)13-26-20(24)18(17)11-22/h6-9,16-17H,1-5,10,12-13H2/t17-/m0/s1. The van der Waals surface area contributed by atoms with Crippen LogP contribution < -0.4 is 0 Å². The first-order valence-corrected chi connectivity index (χ1v) is 10.6. The molecule has 0 radical (unpaired) electrons. The van der Waals surface area contributed by atoms with E-state index in [1.807, 2.05) is 29.2 Å². The van der Waals surface area contributed by atoms with Crippen LogP contribution in [0.4, 0.5) is 0 Å². The number of carbonyl (C=O) groups excluding carboxylic acids is 1. The van der Waals surface area contributed by atoms with Gasteiger partial charge in [-0.05, 0) is 30.5 Å². The molecular weight excluding hydrogens is 366 g/mol. The van der Waals surface area contributed by atoms with Crippen molar-refractivity contribution in [2.45, 2.75) is 50.5 Å². The van der Waals surface area contributed by atoms with Crippen molar-refractivity contribution < 1.29 is 4.79 Å². The zero-order chi connectivity index (χ0) is 18.1. The lowest BCUT2D eigenvalue weighted by atomic mass is 9.86. The van der Waals surface area contributed by atoms with Crippen molar-refractivity contribution in [3.8, 4) is 6.07 Å². The summed E-state index contributed by atoms with van der Waals surface area (Å²) in [6.45, 7) is 0.629. The lowest BCUT2D eigenvalue weighted by molar-refractivity contribution is -0.132. The molecule has 3 aliphatic rings. The van der Waals surface area contributed by atoms with Crippen molar-refractivity contribution in [3.63, 3.8) is 0 Å². The van der Waals surface area contributed by atoms with Gasteiger partial charge >= 0.3 is 0 Å². The quantitative estimate of drug-likeness (QED) is 0.738. The molecule has 4 nitrogen and oxygen atoms in total. The maximum absolute atomic E-state index is 12.9. The summed E-state index contributed by atoms with van der Waals surface area (Å²) in [6.07, 6.45) is 6.69. The van der Waals surface area contributed by atoms with Crippen LogP contribution in [0.3, 0.4) is 0 Å². The molecule has 0 aromatic heterocycles. The number of carbonyl (C=O) groups is 1. The Labute approximate surface area is 163 Å². The Morgan fingerprint density at radius 1 is 1.15 bits per heavy atom. The zero-order valence-electron chi connectivity index (χ0n) is 14.7. The molecule has 0 spiro atoms. The molecule has 2 heterocycles. The van der Waals surface area contributed by atoms with Crippen molar-refractivity contribution in [2.24, 2.45) is 0 Å². The van der Waals surface area contributed by atoms with Crippen LogP contribution in [0.5, 0.6) is 0 Å². The molecular formula is C20H22ClN3OS. The van der Waals surface area contributed by atoms with Gasteiger partial charge in [-0.25, -0.2) is 0 Å². The van der Waals surface area contributed by atoms with Crippen LogP contribution in [0, 0.1) is 11.3 Å². The summed E-state index contributed by atoms with van der Waals surface area (Å²) in [5.74, 6) is 0.819. The van der Waals surface area contributed by atoms with Crippen LogP contribution in [-0.4, -0.2) is 34.3 Å². The summed E-state index contributed by atoms with van der Waals surface area (Å²) in [6, 6.07) is 10.5. The minimum absolute atomic E-state index is 0.118. The summed E-state index contributed by atoms with van der Waals surface area (Å²) in [7, 11) is 0. The fraction of sp³-hybridized carbons (Fsp3) is 0.500. The third-order valence-electron chi connectivity index (χ3n) is 5.68. The highest BCUT2D eigenvalue weighted by atomic mass is 35.5. The highest BCUT2D eigenvalue weighted by Gasteiger charge is 2.39. The lowest BCUT2D eigenvalue weighted by Gasteiger charge is -2.44. The molecule has 0 N–H and O–H groups in total. The molecule has 0 bridgehead atoms. The second kappa shape index (κ2) is 7.64. The molecule has 1 saturated heterocycles. The molecule has 1 aromatic carbocycles. The molecule has 2 aliphatic heterocycles. The number of hydrogen-bond acceptors (Lipinski definition) is 4. The normalized spacial score (nSPS) is 25.2. The zero-order valence-corrected chi connectivity index (χ0v) is 16.2.